The second kappa shape index (κ2) is 6.38. The van der Waals surface area contributed by atoms with Crippen LogP contribution >= 0.6 is 15.9 Å². The van der Waals surface area contributed by atoms with E-state index >= 15 is 0 Å². The molecule has 0 aromatic heterocycles. The summed E-state index contributed by atoms with van der Waals surface area (Å²) in [6.45, 7) is 8.62. The Labute approximate surface area is 125 Å². The molecule has 1 aromatic rings. The van der Waals surface area contributed by atoms with E-state index in [2.05, 4.69) is 60.2 Å². The molecule has 0 radical (unpaired) electrons. The average Bonchev–Trinajstić information content (AvgIpc) is 2.37. The Balaban J connectivity index is 1.82. The molecule has 2 nitrogen and oxygen atoms in total. The van der Waals surface area contributed by atoms with Crippen LogP contribution in [0.25, 0.3) is 0 Å². The van der Waals surface area contributed by atoms with Gasteiger partial charge in [0.05, 0.1) is 12.7 Å². The van der Waals surface area contributed by atoms with Gasteiger partial charge in [-0.3, -0.25) is 0 Å². The van der Waals surface area contributed by atoms with Crippen LogP contribution in [-0.2, 0) is 11.3 Å². The van der Waals surface area contributed by atoms with Crippen LogP contribution in [0.4, 0.5) is 0 Å². The Kier molecular flexibility index (Phi) is 5.04. The molecular formula is C16H24BrNO. The third-order valence-corrected chi connectivity index (χ3v) is 4.65. The second-order valence-electron chi connectivity index (χ2n) is 5.99. The van der Waals surface area contributed by atoms with Gasteiger partial charge in [-0.05, 0) is 37.1 Å². The van der Waals surface area contributed by atoms with Gasteiger partial charge >= 0.3 is 0 Å². The van der Waals surface area contributed by atoms with Crippen LogP contribution < -0.4 is 5.32 Å². The molecule has 106 valence electrons. The third kappa shape index (κ3) is 3.59. The Morgan fingerprint density at radius 3 is 2.84 bits per heavy atom. The van der Waals surface area contributed by atoms with Crippen molar-refractivity contribution in [2.75, 3.05) is 6.54 Å². The minimum absolute atomic E-state index is 0.237. The zero-order valence-corrected chi connectivity index (χ0v) is 13.7. The van der Waals surface area contributed by atoms with Crippen molar-refractivity contribution in [3.8, 4) is 0 Å². The van der Waals surface area contributed by atoms with Gasteiger partial charge in [-0.2, -0.15) is 0 Å². The van der Waals surface area contributed by atoms with Crippen molar-refractivity contribution < 1.29 is 4.74 Å². The highest BCUT2D eigenvalue weighted by atomic mass is 79.9. The van der Waals surface area contributed by atoms with Gasteiger partial charge < -0.3 is 10.1 Å². The van der Waals surface area contributed by atoms with Crippen molar-refractivity contribution in [2.45, 2.75) is 52.4 Å². The van der Waals surface area contributed by atoms with Crippen LogP contribution in [0.3, 0.4) is 0 Å². The molecule has 1 fully saturated rings. The predicted octanol–water partition coefficient (Wildman–Crippen LogP) is 4.13. The lowest BCUT2D eigenvalue weighted by Gasteiger charge is -2.52. The number of halogens is 1. The summed E-state index contributed by atoms with van der Waals surface area (Å²) in [4.78, 5) is 0. The zero-order chi connectivity index (χ0) is 13.9. The van der Waals surface area contributed by atoms with Gasteiger partial charge in [-0.1, -0.05) is 48.8 Å². The van der Waals surface area contributed by atoms with Gasteiger partial charge in [0, 0.05) is 15.9 Å². The van der Waals surface area contributed by atoms with Gasteiger partial charge in [0.2, 0.25) is 0 Å². The van der Waals surface area contributed by atoms with Crippen molar-refractivity contribution in [2.24, 2.45) is 5.41 Å². The fourth-order valence-corrected chi connectivity index (χ4v) is 3.10. The Hall–Kier alpha value is -0.380. The molecule has 19 heavy (non-hydrogen) atoms. The first-order valence-electron chi connectivity index (χ1n) is 7.13. The fourth-order valence-electron chi connectivity index (χ4n) is 2.66. The van der Waals surface area contributed by atoms with E-state index in [4.69, 9.17) is 4.74 Å². The molecular weight excluding hydrogens is 302 g/mol. The van der Waals surface area contributed by atoms with Gasteiger partial charge in [-0.25, -0.2) is 0 Å². The van der Waals surface area contributed by atoms with Crippen molar-refractivity contribution in [1.29, 1.82) is 0 Å². The van der Waals surface area contributed by atoms with E-state index in [1.807, 2.05) is 6.07 Å². The Morgan fingerprint density at radius 2 is 2.21 bits per heavy atom. The van der Waals surface area contributed by atoms with Gasteiger partial charge in [-0.15, -0.1) is 0 Å². The standard InChI is InChI=1S/C16H24BrNO/c1-4-8-18-14-10-15(16(14,2)3)19-11-12-6-5-7-13(17)9-12/h5-7,9,14-15,18H,4,8,10-11H2,1-3H3. The van der Waals surface area contributed by atoms with E-state index in [0.717, 1.165) is 17.4 Å². The maximum atomic E-state index is 6.08. The summed E-state index contributed by atoms with van der Waals surface area (Å²) < 4.78 is 7.20. The molecule has 2 rings (SSSR count). The van der Waals surface area contributed by atoms with Crippen LogP contribution in [0, 0.1) is 5.41 Å². The molecule has 0 amide bonds. The number of rotatable bonds is 6. The lowest BCUT2D eigenvalue weighted by molar-refractivity contribution is -0.124. The maximum absolute atomic E-state index is 6.08. The average molecular weight is 326 g/mol. The summed E-state index contributed by atoms with van der Waals surface area (Å²) >= 11 is 3.50. The lowest BCUT2D eigenvalue weighted by Crippen LogP contribution is -2.60. The molecule has 0 saturated heterocycles. The van der Waals surface area contributed by atoms with E-state index in [1.54, 1.807) is 0 Å². The molecule has 0 heterocycles. The van der Waals surface area contributed by atoms with E-state index in [9.17, 15) is 0 Å². The quantitative estimate of drug-likeness (QED) is 0.849. The summed E-state index contributed by atoms with van der Waals surface area (Å²) in [6, 6.07) is 8.93. The lowest BCUT2D eigenvalue weighted by atomic mass is 9.64. The largest absolute Gasteiger partial charge is 0.373 e. The van der Waals surface area contributed by atoms with Crippen molar-refractivity contribution in [1.82, 2.24) is 5.32 Å². The third-order valence-electron chi connectivity index (χ3n) is 4.16. The number of benzene rings is 1. The number of hydrogen-bond acceptors (Lipinski definition) is 2. The molecule has 0 spiro atoms. The number of ether oxygens (including phenoxy) is 1. The molecule has 0 bridgehead atoms. The molecule has 3 heteroatoms. The van der Waals surface area contributed by atoms with E-state index in [0.29, 0.717) is 18.8 Å². The highest BCUT2D eigenvalue weighted by Gasteiger charge is 2.48. The van der Waals surface area contributed by atoms with Crippen LogP contribution in [0.2, 0.25) is 0 Å². The highest BCUT2D eigenvalue weighted by Crippen LogP contribution is 2.43. The molecule has 0 aliphatic heterocycles. The summed E-state index contributed by atoms with van der Waals surface area (Å²) in [5.74, 6) is 0. The first-order chi connectivity index (χ1) is 9.04. The fraction of sp³-hybridized carbons (Fsp3) is 0.625. The zero-order valence-electron chi connectivity index (χ0n) is 12.1. The van der Waals surface area contributed by atoms with Crippen molar-refractivity contribution in [3.05, 3.63) is 34.3 Å². The molecule has 1 saturated carbocycles. The predicted molar refractivity (Wildman–Crippen MR) is 83.2 cm³/mol. The van der Waals surface area contributed by atoms with Crippen molar-refractivity contribution >= 4 is 15.9 Å². The van der Waals surface area contributed by atoms with Crippen LogP contribution in [0.15, 0.2) is 28.7 Å². The molecule has 1 aliphatic rings. The Bertz CT molecular complexity index is 419. The van der Waals surface area contributed by atoms with E-state index in [1.165, 1.54) is 12.0 Å². The van der Waals surface area contributed by atoms with Crippen LogP contribution in [0.1, 0.15) is 39.2 Å². The molecule has 1 aromatic carbocycles. The molecule has 2 atom stereocenters. The summed E-state index contributed by atoms with van der Waals surface area (Å²) in [5, 5.41) is 3.61. The minimum Gasteiger partial charge on any atom is -0.373 e. The Morgan fingerprint density at radius 1 is 1.42 bits per heavy atom. The first kappa shape index (κ1) is 15.0. The molecule has 1 N–H and O–H groups in total. The second-order valence-corrected chi connectivity index (χ2v) is 6.91. The van der Waals surface area contributed by atoms with Crippen LogP contribution in [-0.4, -0.2) is 18.7 Å². The van der Waals surface area contributed by atoms with Crippen LogP contribution in [0.5, 0.6) is 0 Å². The van der Waals surface area contributed by atoms with Crippen molar-refractivity contribution in [3.63, 3.8) is 0 Å². The smallest absolute Gasteiger partial charge is 0.0721 e. The maximum Gasteiger partial charge on any atom is 0.0721 e. The SMILES string of the molecule is CCCNC1CC(OCc2cccc(Br)c2)C1(C)C. The monoisotopic (exact) mass is 325 g/mol. The number of nitrogens with one attached hydrogen (secondary N) is 1. The van der Waals surface area contributed by atoms with Gasteiger partial charge in [0.25, 0.3) is 0 Å². The first-order valence-corrected chi connectivity index (χ1v) is 7.92. The minimum atomic E-state index is 0.237. The summed E-state index contributed by atoms with van der Waals surface area (Å²) in [5.41, 5.74) is 1.47. The number of hydrogen-bond donors (Lipinski definition) is 1. The van der Waals surface area contributed by atoms with E-state index < -0.39 is 0 Å². The molecule has 1 aliphatic carbocycles. The normalized spacial score (nSPS) is 25.1. The van der Waals surface area contributed by atoms with E-state index in [-0.39, 0.29) is 5.41 Å². The topological polar surface area (TPSA) is 21.3 Å². The van der Waals surface area contributed by atoms with Gasteiger partial charge in [0.1, 0.15) is 0 Å². The summed E-state index contributed by atoms with van der Waals surface area (Å²) in [7, 11) is 0. The molecule has 2 unspecified atom stereocenters. The summed E-state index contributed by atoms with van der Waals surface area (Å²) in [6.07, 6.45) is 2.68. The highest BCUT2D eigenvalue weighted by molar-refractivity contribution is 9.10. The van der Waals surface area contributed by atoms with Gasteiger partial charge in [0.15, 0.2) is 0 Å².